The van der Waals surface area contributed by atoms with E-state index in [-0.39, 0.29) is 30.8 Å². The van der Waals surface area contributed by atoms with Crippen molar-refractivity contribution in [3.05, 3.63) is 29.8 Å². The third-order valence-electron chi connectivity index (χ3n) is 3.96. The summed E-state index contributed by atoms with van der Waals surface area (Å²) >= 11 is 0. The first kappa shape index (κ1) is 18.8. The largest absolute Gasteiger partial charge is 0.494 e. The fourth-order valence-corrected chi connectivity index (χ4v) is 2.78. The van der Waals surface area contributed by atoms with Crippen LogP contribution in [0.25, 0.3) is 0 Å². The van der Waals surface area contributed by atoms with Gasteiger partial charge in [0.25, 0.3) is 0 Å². The van der Waals surface area contributed by atoms with Crippen LogP contribution in [0.2, 0.25) is 0 Å². The molecule has 2 N–H and O–H groups in total. The van der Waals surface area contributed by atoms with Crippen LogP contribution >= 0.6 is 0 Å². The summed E-state index contributed by atoms with van der Waals surface area (Å²) < 4.78 is 5.60. The Bertz CT molecular complexity index is 642. The van der Waals surface area contributed by atoms with Crippen LogP contribution in [0.15, 0.2) is 24.3 Å². The molecule has 0 heterocycles. The van der Waals surface area contributed by atoms with Crippen LogP contribution in [-0.2, 0) is 14.4 Å². The second-order valence-electron chi connectivity index (χ2n) is 6.07. The van der Waals surface area contributed by atoms with Gasteiger partial charge in [0.05, 0.1) is 19.1 Å². The van der Waals surface area contributed by atoms with Gasteiger partial charge in [-0.1, -0.05) is 18.2 Å². The molecule has 0 spiro atoms. The molecule has 0 radical (unpaired) electrons. The van der Waals surface area contributed by atoms with Crippen LogP contribution in [0, 0.1) is 0 Å². The number of carbonyl (C=O) groups excluding carboxylic acids is 2. The minimum absolute atomic E-state index is 0.00650. The molecule has 1 aromatic rings. The lowest BCUT2D eigenvalue weighted by Crippen LogP contribution is -2.40. The second kappa shape index (κ2) is 8.50. The van der Waals surface area contributed by atoms with Crippen molar-refractivity contribution >= 4 is 17.8 Å². The van der Waals surface area contributed by atoms with Gasteiger partial charge in [0.2, 0.25) is 11.8 Å². The van der Waals surface area contributed by atoms with Crippen LogP contribution in [0.1, 0.15) is 44.7 Å². The van der Waals surface area contributed by atoms with E-state index in [0.717, 1.165) is 12.8 Å². The first-order chi connectivity index (χ1) is 11.9. The Morgan fingerprint density at radius 2 is 2.00 bits per heavy atom. The summed E-state index contributed by atoms with van der Waals surface area (Å²) in [6.45, 7) is 3.39. The van der Waals surface area contributed by atoms with Crippen molar-refractivity contribution in [2.75, 3.05) is 13.2 Å². The number of nitrogens with one attached hydrogen (secondary N) is 1. The van der Waals surface area contributed by atoms with Crippen LogP contribution < -0.4 is 10.1 Å². The Hall–Kier alpha value is -2.57. The molecular formula is C18H24N2O5. The van der Waals surface area contributed by atoms with E-state index in [1.807, 2.05) is 19.1 Å². The average Bonchev–Trinajstić information content (AvgIpc) is 3.37. The first-order valence-corrected chi connectivity index (χ1v) is 8.42. The van der Waals surface area contributed by atoms with Crippen molar-refractivity contribution in [3.63, 3.8) is 0 Å². The van der Waals surface area contributed by atoms with E-state index in [1.165, 1.54) is 11.8 Å². The van der Waals surface area contributed by atoms with E-state index < -0.39 is 12.0 Å². The molecule has 2 amide bonds. The summed E-state index contributed by atoms with van der Waals surface area (Å²) in [6.07, 6.45) is 1.63. The fourth-order valence-electron chi connectivity index (χ4n) is 2.78. The highest BCUT2D eigenvalue weighted by Crippen LogP contribution is 2.31. The monoisotopic (exact) mass is 348 g/mol. The van der Waals surface area contributed by atoms with Gasteiger partial charge in [0.1, 0.15) is 12.3 Å². The number of amides is 2. The molecule has 7 nitrogen and oxygen atoms in total. The molecule has 1 aliphatic rings. The maximum atomic E-state index is 12.7. The number of hydrogen-bond acceptors (Lipinski definition) is 4. The topological polar surface area (TPSA) is 95.9 Å². The number of benzene rings is 1. The van der Waals surface area contributed by atoms with Crippen molar-refractivity contribution in [1.82, 2.24) is 10.2 Å². The zero-order valence-electron chi connectivity index (χ0n) is 14.5. The summed E-state index contributed by atoms with van der Waals surface area (Å²) in [5, 5.41) is 11.8. The van der Waals surface area contributed by atoms with E-state index in [2.05, 4.69) is 5.32 Å². The Balaban J connectivity index is 2.21. The lowest BCUT2D eigenvalue weighted by atomic mass is 10.0. The smallest absolute Gasteiger partial charge is 0.323 e. The molecule has 1 fully saturated rings. The molecule has 1 aromatic carbocycles. The van der Waals surface area contributed by atoms with Gasteiger partial charge < -0.3 is 20.1 Å². The van der Waals surface area contributed by atoms with E-state index in [9.17, 15) is 14.4 Å². The molecule has 1 unspecified atom stereocenters. The van der Waals surface area contributed by atoms with Crippen molar-refractivity contribution in [2.45, 2.75) is 45.2 Å². The third-order valence-corrected chi connectivity index (χ3v) is 3.96. The van der Waals surface area contributed by atoms with Gasteiger partial charge in [-0.25, -0.2) is 0 Å². The van der Waals surface area contributed by atoms with Crippen LogP contribution in [-0.4, -0.2) is 47.0 Å². The van der Waals surface area contributed by atoms with Crippen LogP contribution in [0.5, 0.6) is 5.75 Å². The highest BCUT2D eigenvalue weighted by atomic mass is 16.5. The summed E-state index contributed by atoms with van der Waals surface area (Å²) in [4.78, 5) is 36.7. The van der Waals surface area contributed by atoms with Gasteiger partial charge in [-0.15, -0.1) is 0 Å². The number of para-hydroxylation sites is 1. The first-order valence-electron chi connectivity index (χ1n) is 8.42. The van der Waals surface area contributed by atoms with Crippen LogP contribution in [0.3, 0.4) is 0 Å². The van der Waals surface area contributed by atoms with E-state index in [4.69, 9.17) is 9.84 Å². The molecule has 7 heteroatoms. The molecule has 0 bridgehead atoms. The van der Waals surface area contributed by atoms with E-state index in [0.29, 0.717) is 17.9 Å². The predicted molar refractivity (Wildman–Crippen MR) is 91.2 cm³/mol. The SMILES string of the molecule is CCOc1ccccc1C(CC(=O)N(CC(=O)O)C1CC1)NC(C)=O. The molecule has 0 saturated heterocycles. The Morgan fingerprint density at radius 3 is 2.56 bits per heavy atom. The highest BCUT2D eigenvalue weighted by molar-refractivity contribution is 5.83. The Labute approximate surface area is 147 Å². The molecule has 2 rings (SSSR count). The zero-order valence-corrected chi connectivity index (χ0v) is 14.5. The quantitative estimate of drug-likeness (QED) is 0.708. The fraction of sp³-hybridized carbons (Fsp3) is 0.500. The number of carboxylic acid groups (broad SMARTS) is 1. The lowest BCUT2D eigenvalue weighted by molar-refractivity contribution is -0.145. The van der Waals surface area contributed by atoms with Gasteiger partial charge in [-0.3, -0.25) is 14.4 Å². The molecule has 1 aliphatic carbocycles. The Morgan fingerprint density at radius 1 is 1.32 bits per heavy atom. The molecule has 1 saturated carbocycles. The van der Waals surface area contributed by atoms with Gasteiger partial charge in [0.15, 0.2) is 0 Å². The normalized spacial score (nSPS) is 14.5. The van der Waals surface area contributed by atoms with Crippen molar-refractivity contribution < 1.29 is 24.2 Å². The third kappa shape index (κ3) is 5.48. The lowest BCUT2D eigenvalue weighted by Gasteiger charge is -2.25. The number of hydrogen-bond donors (Lipinski definition) is 2. The summed E-state index contributed by atoms with van der Waals surface area (Å²) in [5.41, 5.74) is 0.707. The molecule has 0 aromatic heterocycles. The van der Waals surface area contributed by atoms with E-state index >= 15 is 0 Å². The summed E-state index contributed by atoms with van der Waals surface area (Å²) in [6, 6.07) is 6.65. The molecule has 1 atom stereocenters. The highest BCUT2D eigenvalue weighted by Gasteiger charge is 2.35. The van der Waals surface area contributed by atoms with Crippen molar-refractivity contribution in [3.8, 4) is 5.75 Å². The minimum Gasteiger partial charge on any atom is -0.494 e. The summed E-state index contributed by atoms with van der Waals surface area (Å²) in [7, 11) is 0. The number of aliphatic carboxylic acids is 1. The second-order valence-corrected chi connectivity index (χ2v) is 6.07. The number of carbonyl (C=O) groups is 3. The molecule has 25 heavy (non-hydrogen) atoms. The number of rotatable bonds is 9. The average molecular weight is 348 g/mol. The standard InChI is InChI=1S/C18H24N2O5/c1-3-25-16-7-5-4-6-14(16)15(19-12(2)21)10-17(22)20(11-18(23)24)13-8-9-13/h4-7,13,15H,3,8-11H2,1-2H3,(H,19,21)(H,23,24). The predicted octanol–water partition coefficient (Wildman–Crippen LogP) is 1.73. The van der Waals surface area contributed by atoms with Crippen molar-refractivity contribution in [1.29, 1.82) is 0 Å². The maximum absolute atomic E-state index is 12.7. The summed E-state index contributed by atoms with van der Waals surface area (Å²) in [5.74, 6) is -0.978. The number of nitrogens with zero attached hydrogens (tertiary/aromatic N) is 1. The van der Waals surface area contributed by atoms with Gasteiger partial charge >= 0.3 is 5.97 Å². The molecule has 136 valence electrons. The van der Waals surface area contributed by atoms with Gasteiger partial charge in [-0.2, -0.15) is 0 Å². The zero-order chi connectivity index (χ0) is 18.4. The number of ether oxygens (including phenoxy) is 1. The molecule has 0 aliphatic heterocycles. The van der Waals surface area contributed by atoms with Gasteiger partial charge in [-0.05, 0) is 25.8 Å². The van der Waals surface area contributed by atoms with Crippen LogP contribution in [0.4, 0.5) is 0 Å². The maximum Gasteiger partial charge on any atom is 0.323 e. The Kier molecular flexibility index (Phi) is 6.38. The molecular weight excluding hydrogens is 324 g/mol. The van der Waals surface area contributed by atoms with E-state index in [1.54, 1.807) is 12.1 Å². The minimum atomic E-state index is -1.04. The van der Waals surface area contributed by atoms with Crippen molar-refractivity contribution in [2.24, 2.45) is 0 Å². The number of carboxylic acids is 1. The van der Waals surface area contributed by atoms with Gasteiger partial charge in [0, 0.05) is 18.5 Å².